The smallest absolute Gasteiger partial charge is 0.149 e. The van der Waals surface area contributed by atoms with Crippen LogP contribution in [0.3, 0.4) is 0 Å². The van der Waals surface area contributed by atoms with Gasteiger partial charge in [0.05, 0.1) is 5.69 Å². The maximum atomic E-state index is 8.93. The lowest BCUT2D eigenvalue weighted by Gasteiger charge is -2.15. The van der Waals surface area contributed by atoms with Gasteiger partial charge in [0.1, 0.15) is 5.82 Å². The third kappa shape index (κ3) is 2.39. The van der Waals surface area contributed by atoms with E-state index in [1.165, 1.54) is 12.8 Å². The molecular weight excluding hydrogens is 190 g/mol. The molecular formula is C11H17N3O. The molecule has 0 atom stereocenters. The predicted octanol–water partition coefficient (Wildman–Crippen LogP) is 1.24. The number of nitrogen functional groups attached to an aromatic ring is 1. The number of hydrogen-bond acceptors (Lipinski definition) is 4. The fourth-order valence-electron chi connectivity index (χ4n) is 1.77. The summed E-state index contributed by atoms with van der Waals surface area (Å²) in [7, 11) is 0. The molecule has 0 aliphatic heterocycles. The Morgan fingerprint density at radius 1 is 1.53 bits per heavy atom. The van der Waals surface area contributed by atoms with Crippen molar-refractivity contribution in [3.63, 3.8) is 0 Å². The lowest BCUT2D eigenvalue weighted by atomic mass is 10.0. The number of pyridine rings is 1. The lowest BCUT2D eigenvalue weighted by Crippen LogP contribution is -2.18. The van der Waals surface area contributed by atoms with Gasteiger partial charge < -0.3 is 16.2 Å². The number of nitrogens with zero attached hydrogens (tertiary/aromatic N) is 1. The van der Waals surface area contributed by atoms with Crippen molar-refractivity contribution in [1.29, 1.82) is 0 Å². The van der Waals surface area contributed by atoms with Crippen LogP contribution < -0.4 is 11.1 Å². The molecule has 0 bridgehead atoms. The summed E-state index contributed by atoms with van der Waals surface area (Å²) in [5, 5.41) is 12.2. The van der Waals surface area contributed by atoms with Gasteiger partial charge in [-0.15, -0.1) is 0 Å². The van der Waals surface area contributed by atoms with E-state index in [0.717, 1.165) is 18.8 Å². The summed E-state index contributed by atoms with van der Waals surface area (Å²) < 4.78 is 0. The van der Waals surface area contributed by atoms with E-state index in [4.69, 9.17) is 10.8 Å². The molecule has 0 aromatic carbocycles. The Morgan fingerprint density at radius 3 is 2.93 bits per heavy atom. The lowest BCUT2D eigenvalue weighted by molar-refractivity contribution is 0.253. The van der Waals surface area contributed by atoms with E-state index < -0.39 is 0 Å². The number of aromatic nitrogens is 1. The first-order valence-electron chi connectivity index (χ1n) is 5.31. The molecule has 0 spiro atoms. The van der Waals surface area contributed by atoms with Crippen LogP contribution in [0.1, 0.15) is 19.3 Å². The number of nitrogens with two attached hydrogens (primary N) is 1. The van der Waals surface area contributed by atoms with Crippen LogP contribution in [0.4, 0.5) is 11.5 Å². The number of nitrogens with one attached hydrogen (secondary N) is 1. The van der Waals surface area contributed by atoms with Gasteiger partial charge in [-0.1, -0.05) is 0 Å². The fraction of sp³-hybridized carbons (Fsp3) is 0.545. The molecule has 2 rings (SSSR count). The van der Waals surface area contributed by atoms with Gasteiger partial charge in [-0.3, -0.25) is 0 Å². The highest BCUT2D eigenvalue weighted by molar-refractivity contribution is 5.60. The molecule has 1 saturated carbocycles. The van der Waals surface area contributed by atoms with Crippen LogP contribution in [0.15, 0.2) is 18.3 Å². The second-order valence-electron chi connectivity index (χ2n) is 4.27. The van der Waals surface area contributed by atoms with E-state index in [2.05, 4.69) is 10.3 Å². The number of rotatable bonds is 5. The van der Waals surface area contributed by atoms with Crippen molar-refractivity contribution >= 4 is 11.5 Å². The Hall–Kier alpha value is -1.29. The van der Waals surface area contributed by atoms with E-state index in [-0.39, 0.29) is 6.61 Å². The largest absolute Gasteiger partial charge is 0.396 e. The Labute approximate surface area is 89.5 Å². The predicted molar refractivity (Wildman–Crippen MR) is 60.5 cm³/mol. The van der Waals surface area contributed by atoms with Crippen molar-refractivity contribution in [3.05, 3.63) is 18.3 Å². The van der Waals surface area contributed by atoms with E-state index in [1.807, 2.05) is 12.1 Å². The van der Waals surface area contributed by atoms with Gasteiger partial charge in [0, 0.05) is 19.3 Å². The SMILES string of the molecule is Nc1cccnc1NCC1(CCO)CC1. The van der Waals surface area contributed by atoms with Gasteiger partial charge >= 0.3 is 0 Å². The molecule has 1 aliphatic rings. The minimum atomic E-state index is 0.263. The van der Waals surface area contributed by atoms with Crippen LogP contribution in [-0.2, 0) is 0 Å². The summed E-state index contributed by atoms with van der Waals surface area (Å²) in [5.41, 5.74) is 6.74. The molecule has 1 aliphatic carbocycles. The first kappa shape index (κ1) is 10.2. The second kappa shape index (κ2) is 4.06. The van der Waals surface area contributed by atoms with Crippen LogP contribution in [0.2, 0.25) is 0 Å². The highest BCUT2D eigenvalue weighted by atomic mass is 16.3. The molecule has 4 N–H and O–H groups in total. The Bertz CT molecular complexity index is 336. The van der Waals surface area contributed by atoms with Crippen molar-refractivity contribution in [2.75, 3.05) is 24.2 Å². The van der Waals surface area contributed by atoms with Gasteiger partial charge in [-0.05, 0) is 36.8 Å². The maximum absolute atomic E-state index is 8.93. The molecule has 4 nitrogen and oxygen atoms in total. The van der Waals surface area contributed by atoms with Gasteiger partial charge in [-0.2, -0.15) is 0 Å². The third-order valence-corrected chi connectivity index (χ3v) is 3.07. The summed E-state index contributed by atoms with van der Waals surface area (Å²) in [6, 6.07) is 3.65. The Balaban J connectivity index is 1.91. The summed E-state index contributed by atoms with van der Waals surface area (Å²) in [4.78, 5) is 4.17. The van der Waals surface area contributed by atoms with Crippen molar-refractivity contribution in [2.24, 2.45) is 5.41 Å². The molecule has 0 saturated heterocycles. The monoisotopic (exact) mass is 207 g/mol. The van der Waals surface area contributed by atoms with Gasteiger partial charge in [-0.25, -0.2) is 4.98 Å². The average molecular weight is 207 g/mol. The van der Waals surface area contributed by atoms with Crippen LogP contribution in [0.5, 0.6) is 0 Å². The standard InChI is InChI=1S/C11H17N3O/c12-9-2-1-6-13-10(9)14-8-11(3-4-11)5-7-15/h1-2,6,15H,3-5,7-8,12H2,(H,13,14). The summed E-state index contributed by atoms with van der Waals surface area (Å²) in [6.07, 6.45) is 4.97. The van der Waals surface area contributed by atoms with Crippen molar-refractivity contribution < 1.29 is 5.11 Å². The molecule has 0 unspecified atom stereocenters. The average Bonchev–Trinajstić information content (AvgIpc) is 2.98. The van der Waals surface area contributed by atoms with Crippen LogP contribution in [0, 0.1) is 5.41 Å². The van der Waals surface area contributed by atoms with E-state index in [0.29, 0.717) is 11.1 Å². The number of anilines is 2. The van der Waals surface area contributed by atoms with Gasteiger partial charge in [0.2, 0.25) is 0 Å². The molecule has 1 fully saturated rings. The Kier molecular flexibility index (Phi) is 2.77. The van der Waals surface area contributed by atoms with E-state index in [1.54, 1.807) is 6.20 Å². The summed E-state index contributed by atoms with van der Waals surface area (Å²) in [5.74, 6) is 0.752. The molecule has 1 heterocycles. The van der Waals surface area contributed by atoms with E-state index in [9.17, 15) is 0 Å². The van der Waals surface area contributed by atoms with Crippen LogP contribution in [-0.4, -0.2) is 23.2 Å². The quantitative estimate of drug-likeness (QED) is 0.679. The summed E-state index contributed by atoms with van der Waals surface area (Å²) >= 11 is 0. The molecule has 4 heteroatoms. The fourth-order valence-corrected chi connectivity index (χ4v) is 1.77. The maximum Gasteiger partial charge on any atom is 0.149 e. The van der Waals surface area contributed by atoms with Gasteiger partial charge in [0.25, 0.3) is 0 Å². The molecule has 0 radical (unpaired) electrons. The van der Waals surface area contributed by atoms with E-state index >= 15 is 0 Å². The Morgan fingerprint density at radius 2 is 2.33 bits per heavy atom. The molecule has 82 valence electrons. The van der Waals surface area contributed by atoms with Crippen molar-refractivity contribution in [2.45, 2.75) is 19.3 Å². The highest BCUT2D eigenvalue weighted by Gasteiger charge is 2.41. The molecule has 1 aromatic rings. The van der Waals surface area contributed by atoms with Crippen LogP contribution >= 0.6 is 0 Å². The van der Waals surface area contributed by atoms with Crippen molar-refractivity contribution in [3.8, 4) is 0 Å². The van der Waals surface area contributed by atoms with Crippen molar-refractivity contribution in [1.82, 2.24) is 4.98 Å². The first-order chi connectivity index (χ1) is 7.26. The minimum Gasteiger partial charge on any atom is -0.396 e. The zero-order valence-corrected chi connectivity index (χ0v) is 8.74. The molecule has 15 heavy (non-hydrogen) atoms. The number of aliphatic hydroxyl groups excluding tert-OH is 1. The minimum absolute atomic E-state index is 0.263. The molecule has 1 aromatic heterocycles. The zero-order valence-electron chi connectivity index (χ0n) is 8.74. The zero-order chi connectivity index (χ0) is 10.7. The second-order valence-corrected chi connectivity index (χ2v) is 4.27. The number of aliphatic hydroxyl groups is 1. The normalized spacial score (nSPS) is 17.4. The highest BCUT2D eigenvalue weighted by Crippen LogP contribution is 2.48. The summed E-state index contributed by atoms with van der Waals surface area (Å²) in [6.45, 7) is 1.12. The van der Waals surface area contributed by atoms with Gasteiger partial charge in [0.15, 0.2) is 0 Å². The molecule has 0 amide bonds. The third-order valence-electron chi connectivity index (χ3n) is 3.07. The number of hydrogen-bond donors (Lipinski definition) is 3. The topological polar surface area (TPSA) is 71.2 Å². The first-order valence-corrected chi connectivity index (χ1v) is 5.31. The van der Waals surface area contributed by atoms with Crippen LogP contribution in [0.25, 0.3) is 0 Å².